The van der Waals surface area contributed by atoms with Crippen molar-refractivity contribution in [1.82, 2.24) is 10.1 Å². The Bertz CT molecular complexity index is 1160. The van der Waals surface area contributed by atoms with Gasteiger partial charge in [0, 0.05) is 5.56 Å². The summed E-state index contributed by atoms with van der Waals surface area (Å²) in [4.78, 5) is 17.1. The van der Waals surface area contributed by atoms with Crippen LogP contribution >= 0.6 is 0 Å². The van der Waals surface area contributed by atoms with E-state index >= 15 is 0 Å². The number of halogens is 1. The maximum atomic E-state index is 13.9. The first kappa shape index (κ1) is 18.4. The third-order valence-electron chi connectivity index (χ3n) is 4.30. The summed E-state index contributed by atoms with van der Waals surface area (Å²) < 4.78 is 24.4. The van der Waals surface area contributed by atoms with E-state index in [-0.39, 0.29) is 11.6 Å². The molecule has 3 aromatic carbocycles. The normalized spacial score (nSPS) is 10.6. The van der Waals surface area contributed by atoms with Crippen molar-refractivity contribution in [2.24, 2.45) is 0 Å². The average Bonchev–Trinajstić information content (AvgIpc) is 3.25. The molecule has 0 bridgehead atoms. The molecule has 0 saturated carbocycles. The minimum Gasteiger partial charge on any atom is -0.497 e. The first-order valence-corrected chi connectivity index (χ1v) is 8.79. The van der Waals surface area contributed by atoms with Crippen LogP contribution in [0, 0.1) is 5.82 Å². The highest BCUT2D eigenvalue weighted by atomic mass is 19.1. The van der Waals surface area contributed by atoms with Crippen LogP contribution in [0.1, 0.15) is 10.4 Å². The van der Waals surface area contributed by atoms with Gasteiger partial charge in [0.05, 0.1) is 23.9 Å². The van der Waals surface area contributed by atoms with Gasteiger partial charge in [-0.3, -0.25) is 4.79 Å². The molecule has 0 spiro atoms. The number of ether oxygens (including phenoxy) is 1. The first-order valence-electron chi connectivity index (χ1n) is 8.79. The number of carbonyl (C=O) groups is 1. The van der Waals surface area contributed by atoms with Crippen molar-refractivity contribution in [1.29, 1.82) is 0 Å². The zero-order valence-electron chi connectivity index (χ0n) is 15.4. The molecule has 144 valence electrons. The van der Waals surface area contributed by atoms with Gasteiger partial charge in [0.2, 0.25) is 5.82 Å². The van der Waals surface area contributed by atoms with Gasteiger partial charge in [0.1, 0.15) is 11.6 Å². The second-order valence-corrected chi connectivity index (χ2v) is 6.13. The minimum absolute atomic E-state index is 0.0942. The Balaban J connectivity index is 1.64. The van der Waals surface area contributed by atoms with Crippen molar-refractivity contribution in [2.75, 3.05) is 12.4 Å². The lowest BCUT2D eigenvalue weighted by Gasteiger charge is -2.08. The monoisotopic (exact) mass is 389 g/mol. The van der Waals surface area contributed by atoms with Crippen molar-refractivity contribution in [2.45, 2.75) is 0 Å². The lowest BCUT2D eigenvalue weighted by molar-refractivity contribution is 0.102. The van der Waals surface area contributed by atoms with E-state index in [0.717, 1.165) is 5.56 Å². The summed E-state index contributed by atoms with van der Waals surface area (Å²) in [5.74, 6) is 0.294. The summed E-state index contributed by atoms with van der Waals surface area (Å²) in [5.41, 5.74) is 1.58. The van der Waals surface area contributed by atoms with Crippen LogP contribution in [-0.2, 0) is 0 Å². The molecule has 4 aromatic rings. The number of benzene rings is 3. The summed E-state index contributed by atoms with van der Waals surface area (Å²) in [6.07, 6.45) is 0. The van der Waals surface area contributed by atoms with Crippen molar-refractivity contribution in [3.8, 4) is 28.6 Å². The van der Waals surface area contributed by atoms with Gasteiger partial charge in [-0.1, -0.05) is 29.4 Å². The molecule has 0 aliphatic heterocycles. The van der Waals surface area contributed by atoms with E-state index in [9.17, 15) is 9.18 Å². The third-order valence-corrected chi connectivity index (χ3v) is 4.30. The highest BCUT2D eigenvalue weighted by Crippen LogP contribution is 2.27. The topological polar surface area (TPSA) is 77.2 Å². The molecule has 7 heteroatoms. The second-order valence-electron chi connectivity index (χ2n) is 6.13. The maximum absolute atomic E-state index is 13.9. The molecule has 29 heavy (non-hydrogen) atoms. The number of hydrogen-bond acceptors (Lipinski definition) is 5. The highest BCUT2D eigenvalue weighted by molar-refractivity contribution is 6.08. The maximum Gasteiger partial charge on any atom is 0.259 e. The predicted octanol–water partition coefficient (Wildman–Crippen LogP) is 4.80. The van der Waals surface area contributed by atoms with Crippen LogP contribution in [0.2, 0.25) is 0 Å². The number of carbonyl (C=O) groups excluding carboxylic acids is 1. The Kier molecular flexibility index (Phi) is 5.03. The molecule has 4 rings (SSSR count). The minimum atomic E-state index is -0.516. The van der Waals surface area contributed by atoms with Crippen molar-refractivity contribution < 1.29 is 18.4 Å². The molecular formula is C22H16FN3O3. The summed E-state index contributed by atoms with van der Waals surface area (Å²) >= 11 is 0. The number of para-hydroxylation sites is 1. The Labute approximate surface area is 166 Å². The van der Waals surface area contributed by atoms with E-state index in [1.165, 1.54) is 12.1 Å². The number of anilines is 1. The standard InChI is InChI=1S/C22H16FN3O3/c1-28-15-12-10-14(11-13-15)20-25-22(29-26-20)17-7-3-2-6-16(17)21(27)24-19-9-5-4-8-18(19)23/h2-13H,1H3,(H,24,27). The molecule has 0 unspecified atom stereocenters. The van der Waals surface area contributed by atoms with Crippen LogP contribution < -0.4 is 10.1 Å². The second kappa shape index (κ2) is 7.93. The largest absolute Gasteiger partial charge is 0.497 e. The molecule has 1 amide bonds. The van der Waals surface area contributed by atoms with E-state index in [0.29, 0.717) is 22.7 Å². The van der Waals surface area contributed by atoms with E-state index in [4.69, 9.17) is 9.26 Å². The third kappa shape index (κ3) is 3.84. The Morgan fingerprint density at radius 3 is 2.48 bits per heavy atom. The van der Waals surface area contributed by atoms with Gasteiger partial charge >= 0.3 is 0 Å². The number of methoxy groups -OCH3 is 1. The summed E-state index contributed by atoms with van der Waals surface area (Å²) in [6.45, 7) is 0. The summed E-state index contributed by atoms with van der Waals surface area (Å²) in [6, 6.07) is 19.9. The molecule has 0 fully saturated rings. The van der Waals surface area contributed by atoms with Crippen LogP contribution in [0.4, 0.5) is 10.1 Å². The van der Waals surface area contributed by atoms with Crippen LogP contribution in [0.25, 0.3) is 22.8 Å². The van der Waals surface area contributed by atoms with Crippen LogP contribution in [0.3, 0.4) is 0 Å². The van der Waals surface area contributed by atoms with Gasteiger partial charge in [0.15, 0.2) is 0 Å². The zero-order valence-corrected chi connectivity index (χ0v) is 15.4. The SMILES string of the molecule is COc1ccc(-c2noc(-c3ccccc3C(=O)Nc3ccccc3F)n2)cc1. The molecule has 0 aliphatic rings. The number of hydrogen-bond donors (Lipinski definition) is 1. The van der Waals surface area contributed by atoms with E-state index in [1.807, 2.05) is 12.1 Å². The van der Waals surface area contributed by atoms with E-state index < -0.39 is 11.7 Å². The van der Waals surface area contributed by atoms with Crippen molar-refractivity contribution >= 4 is 11.6 Å². The number of aromatic nitrogens is 2. The van der Waals surface area contributed by atoms with Gasteiger partial charge in [-0.05, 0) is 48.5 Å². The molecule has 0 atom stereocenters. The summed E-state index contributed by atoms with van der Waals surface area (Å²) in [5, 5.41) is 6.57. The molecule has 0 saturated heterocycles. The number of amides is 1. The smallest absolute Gasteiger partial charge is 0.259 e. The average molecular weight is 389 g/mol. The molecule has 0 aliphatic carbocycles. The Morgan fingerprint density at radius 2 is 1.72 bits per heavy atom. The highest BCUT2D eigenvalue weighted by Gasteiger charge is 2.19. The van der Waals surface area contributed by atoms with Crippen LogP contribution in [0.15, 0.2) is 77.3 Å². The van der Waals surface area contributed by atoms with Gasteiger partial charge < -0.3 is 14.6 Å². The van der Waals surface area contributed by atoms with Gasteiger partial charge in [0.25, 0.3) is 11.8 Å². The molecule has 1 aromatic heterocycles. The zero-order chi connectivity index (χ0) is 20.2. The number of nitrogens with zero attached hydrogens (tertiary/aromatic N) is 2. The van der Waals surface area contributed by atoms with Crippen molar-refractivity contribution in [3.63, 3.8) is 0 Å². The van der Waals surface area contributed by atoms with Gasteiger partial charge in [-0.25, -0.2) is 4.39 Å². The first-order chi connectivity index (χ1) is 14.2. The lowest BCUT2D eigenvalue weighted by atomic mass is 10.1. The van der Waals surface area contributed by atoms with Crippen molar-refractivity contribution in [3.05, 3.63) is 84.2 Å². The molecule has 1 heterocycles. The predicted molar refractivity (Wildman–Crippen MR) is 106 cm³/mol. The molecular weight excluding hydrogens is 373 g/mol. The van der Waals surface area contributed by atoms with E-state index in [2.05, 4.69) is 15.5 Å². The molecule has 6 nitrogen and oxygen atoms in total. The van der Waals surface area contributed by atoms with E-state index in [1.54, 1.807) is 55.6 Å². The lowest BCUT2D eigenvalue weighted by Crippen LogP contribution is -2.14. The fourth-order valence-electron chi connectivity index (χ4n) is 2.81. The Morgan fingerprint density at radius 1 is 1.00 bits per heavy atom. The van der Waals surface area contributed by atoms with Gasteiger partial charge in [-0.15, -0.1) is 0 Å². The quantitative estimate of drug-likeness (QED) is 0.530. The number of rotatable bonds is 5. The molecule has 0 radical (unpaired) electrons. The van der Waals surface area contributed by atoms with Gasteiger partial charge in [-0.2, -0.15) is 4.98 Å². The Hall–Kier alpha value is -4.00. The fraction of sp³-hybridized carbons (Fsp3) is 0.0455. The fourth-order valence-corrected chi connectivity index (χ4v) is 2.81. The number of nitrogens with one attached hydrogen (secondary N) is 1. The van der Waals surface area contributed by atoms with Crippen LogP contribution in [0.5, 0.6) is 5.75 Å². The molecule has 1 N–H and O–H groups in total. The summed E-state index contributed by atoms with van der Waals surface area (Å²) in [7, 11) is 1.59. The van der Waals surface area contributed by atoms with Crippen LogP contribution in [-0.4, -0.2) is 23.2 Å².